The van der Waals surface area contributed by atoms with Crippen LogP contribution < -0.4 is 5.46 Å². The molecule has 0 saturated carbocycles. The molecule has 108 valence electrons. The first kappa shape index (κ1) is 13.7. The molecule has 22 heavy (non-hydrogen) atoms. The van der Waals surface area contributed by atoms with Gasteiger partial charge in [0.1, 0.15) is 7.85 Å². The van der Waals surface area contributed by atoms with Crippen LogP contribution in [-0.4, -0.2) is 24.3 Å². The molecular formula is C19H19BN2. The van der Waals surface area contributed by atoms with E-state index in [1.807, 2.05) is 6.07 Å². The van der Waals surface area contributed by atoms with Gasteiger partial charge in [-0.05, 0) is 36.6 Å². The fraction of sp³-hybridized carbons (Fsp3) is 0.263. The van der Waals surface area contributed by atoms with Gasteiger partial charge in [-0.3, -0.25) is 4.90 Å². The summed E-state index contributed by atoms with van der Waals surface area (Å²) in [5.41, 5.74) is 6.24. The molecule has 2 nitrogen and oxygen atoms in total. The molecule has 0 bridgehead atoms. The van der Waals surface area contributed by atoms with E-state index in [0.717, 1.165) is 31.5 Å². The molecule has 0 spiro atoms. The van der Waals surface area contributed by atoms with E-state index in [1.54, 1.807) is 0 Å². The van der Waals surface area contributed by atoms with E-state index in [2.05, 4.69) is 52.3 Å². The van der Waals surface area contributed by atoms with Crippen molar-refractivity contribution in [2.45, 2.75) is 25.9 Å². The van der Waals surface area contributed by atoms with Gasteiger partial charge in [-0.15, -0.1) is 0 Å². The maximum atomic E-state index is 5.99. The first-order chi connectivity index (χ1) is 10.8. The molecule has 0 unspecified atom stereocenters. The number of fused-ring (bicyclic) bond motifs is 3. The average molecular weight is 286 g/mol. The third kappa shape index (κ3) is 2.57. The van der Waals surface area contributed by atoms with Crippen molar-refractivity contribution >= 4 is 24.2 Å². The van der Waals surface area contributed by atoms with Gasteiger partial charge in [0.25, 0.3) is 0 Å². The van der Waals surface area contributed by atoms with Gasteiger partial charge < -0.3 is 4.98 Å². The first-order valence-electron chi connectivity index (χ1n) is 7.95. The topological polar surface area (TPSA) is 19.0 Å². The van der Waals surface area contributed by atoms with Crippen molar-refractivity contribution in [3.8, 4) is 0 Å². The lowest BCUT2D eigenvalue weighted by atomic mass is 9.94. The van der Waals surface area contributed by atoms with Gasteiger partial charge in [0.2, 0.25) is 0 Å². The highest BCUT2D eigenvalue weighted by molar-refractivity contribution is 6.33. The van der Waals surface area contributed by atoms with Crippen molar-refractivity contribution < 1.29 is 0 Å². The lowest BCUT2D eigenvalue weighted by molar-refractivity contribution is 0.262. The number of hydrogen-bond donors (Lipinski definition) is 1. The molecule has 1 aliphatic rings. The van der Waals surface area contributed by atoms with Gasteiger partial charge in [0.15, 0.2) is 0 Å². The van der Waals surface area contributed by atoms with Crippen molar-refractivity contribution in [3.63, 3.8) is 0 Å². The van der Waals surface area contributed by atoms with Crippen LogP contribution in [0.25, 0.3) is 10.9 Å². The van der Waals surface area contributed by atoms with Crippen molar-refractivity contribution in [1.82, 2.24) is 9.88 Å². The number of nitrogens with one attached hydrogen (secondary N) is 1. The SMILES string of the molecule is [B]c1ccc2[nH]c3c(c2c1)CN(Cc1ccccc1)CCC3. The number of nitrogens with zero attached hydrogens (tertiary/aromatic N) is 1. The maximum absolute atomic E-state index is 5.99. The Kier molecular flexibility index (Phi) is 3.51. The van der Waals surface area contributed by atoms with Gasteiger partial charge in [-0.25, -0.2) is 0 Å². The average Bonchev–Trinajstić information content (AvgIpc) is 2.73. The van der Waals surface area contributed by atoms with Gasteiger partial charge in [-0.1, -0.05) is 47.9 Å². The Bertz CT molecular complexity index is 792. The molecule has 3 aromatic rings. The highest BCUT2D eigenvalue weighted by atomic mass is 15.1. The van der Waals surface area contributed by atoms with Crippen LogP contribution in [0.5, 0.6) is 0 Å². The lowest BCUT2D eigenvalue weighted by Gasteiger charge is -2.20. The number of aromatic amines is 1. The zero-order chi connectivity index (χ0) is 14.9. The number of aromatic nitrogens is 1. The monoisotopic (exact) mass is 286 g/mol. The van der Waals surface area contributed by atoms with Gasteiger partial charge in [0, 0.05) is 29.7 Å². The van der Waals surface area contributed by atoms with E-state index in [0.29, 0.717) is 0 Å². The molecule has 0 fully saturated rings. The minimum absolute atomic E-state index is 0.841. The summed E-state index contributed by atoms with van der Waals surface area (Å²) in [5, 5.41) is 1.29. The molecule has 4 rings (SSSR count). The zero-order valence-corrected chi connectivity index (χ0v) is 12.7. The molecule has 2 radical (unpaired) electrons. The van der Waals surface area contributed by atoms with E-state index in [-0.39, 0.29) is 0 Å². The summed E-state index contributed by atoms with van der Waals surface area (Å²) in [5.74, 6) is 0. The van der Waals surface area contributed by atoms with Gasteiger partial charge in [-0.2, -0.15) is 0 Å². The van der Waals surface area contributed by atoms with E-state index < -0.39 is 0 Å². The molecular weight excluding hydrogens is 267 g/mol. The summed E-state index contributed by atoms with van der Waals surface area (Å²) >= 11 is 0. The molecule has 0 saturated heterocycles. The van der Waals surface area contributed by atoms with Crippen LogP contribution in [-0.2, 0) is 19.5 Å². The van der Waals surface area contributed by atoms with Crippen LogP contribution >= 0.6 is 0 Å². The summed E-state index contributed by atoms with van der Waals surface area (Å²) in [6.45, 7) is 3.14. The van der Waals surface area contributed by atoms with Crippen LogP contribution in [0.3, 0.4) is 0 Å². The molecule has 1 aromatic heterocycles. The lowest BCUT2D eigenvalue weighted by Crippen LogP contribution is -2.22. The zero-order valence-electron chi connectivity index (χ0n) is 12.7. The summed E-state index contributed by atoms with van der Waals surface area (Å²) in [6, 6.07) is 16.9. The Morgan fingerprint density at radius 2 is 1.95 bits per heavy atom. The molecule has 0 atom stereocenters. The van der Waals surface area contributed by atoms with E-state index >= 15 is 0 Å². The van der Waals surface area contributed by atoms with Crippen molar-refractivity contribution in [3.05, 3.63) is 65.4 Å². The Labute approximate surface area is 132 Å². The maximum Gasteiger partial charge on any atom is 0.113 e. The van der Waals surface area contributed by atoms with Crippen LogP contribution in [0, 0.1) is 0 Å². The number of benzene rings is 2. The van der Waals surface area contributed by atoms with Crippen LogP contribution in [0.2, 0.25) is 0 Å². The van der Waals surface area contributed by atoms with Crippen molar-refractivity contribution in [2.24, 2.45) is 0 Å². The van der Waals surface area contributed by atoms with Crippen molar-refractivity contribution in [1.29, 1.82) is 0 Å². The predicted molar refractivity (Wildman–Crippen MR) is 92.6 cm³/mol. The van der Waals surface area contributed by atoms with Gasteiger partial charge in [0.05, 0.1) is 0 Å². The molecule has 0 aliphatic carbocycles. The standard InChI is InChI=1S/C19H19BN2/c20-15-8-9-19-16(11-15)17-13-22(10-4-7-18(17)21-19)12-14-5-2-1-3-6-14/h1-3,5-6,8-9,11,21H,4,7,10,12-13H2. The smallest absolute Gasteiger partial charge is 0.113 e. The highest BCUT2D eigenvalue weighted by Gasteiger charge is 2.18. The second-order valence-corrected chi connectivity index (χ2v) is 6.19. The van der Waals surface area contributed by atoms with Crippen LogP contribution in [0.15, 0.2) is 48.5 Å². The molecule has 2 aromatic carbocycles. The third-order valence-corrected chi connectivity index (χ3v) is 4.55. The Morgan fingerprint density at radius 1 is 1.09 bits per heavy atom. The molecule has 1 N–H and O–H groups in total. The second kappa shape index (κ2) is 5.66. The van der Waals surface area contributed by atoms with Crippen LogP contribution in [0.4, 0.5) is 0 Å². The molecule has 3 heteroatoms. The predicted octanol–water partition coefficient (Wildman–Crippen LogP) is 2.91. The summed E-state index contributed by atoms with van der Waals surface area (Å²) < 4.78 is 0. The fourth-order valence-electron chi connectivity index (χ4n) is 3.47. The molecule has 2 heterocycles. The largest absolute Gasteiger partial charge is 0.358 e. The van der Waals surface area contributed by atoms with Crippen molar-refractivity contribution in [2.75, 3.05) is 6.54 Å². The minimum atomic E-state index is 0.841. The second-order valence-electron chi connectivity index (χ2n) is 6.19. The summed E-state index contributed by atoms with van der Waals surface area (Å²) in [4.78, 5) is 6.12. The number of rotatable bonds is 2. The van der Waals surface area contributed by atoms with E-state index in [4.69, 9.17) is 7.85 Å². The molecule has 1 aliphatic heterocycles. The Balaban J connectivity index is 1.67. The highest BCUT2D eigenvalue weighted by Crippen LogP contribution is 2.27. The Morgan fingerprint density at radius 3 is 2.82 bits per heavy atom. The van der Waals surface area contributed by atoms with Gasteiger partial charge >= 0.3 is 0 Å². The third-order valence-electron chi connectivity index (χ3n) is 4.55. The quantitative estimate of drug-likeness (QED) is 0.718. The minimum Gasteiger partial charge on any atom is -0.358 e. The number of H-pyrrole nitrogens is 1. The first-order valence-corrected chi connectivity index (χ1v) is 7.95. The Hall–Kier alpha value is -2.00. The van der Waals surface area contributed by atoms with E-state index in [1.165, 1.54) is 34.1 Å². The number of hydrogen-bond acceptors (Lipinski definition) is 1. The summed E-state index contributed by atoms with van der Waals surface area (Å²) in [7, 11) is 5.99. The molecule has 0 amide bonds. The normalized spacial score (nSPS) is 15.6. The van der Waals surface area contributed by atoms with E-state index in [9.17, 15) is 0 Å². The number of aryl methyl sites for hydroxylation is 1. The van der Waals surface area contributed by atoms with Crippen LogP contribution in [0.1, 0.15) is 23.2 Å². The fourth-order valence-corrected chi connectivity index (χ4v) is 3.47. The summed E-state index contributed by atoms with van der Waals surface area (Å²) in [6.07, 6.45) is 2.32.